The van der Waals surface area contributed by atoms with E-state index in [-0.39, 0.29) is 17.5 Å². The minimum Gasteiger partial charge on any atom is -0.493 e. The molecule has 1 heterocycles. The summed E-state index contributed by atoms with van der Waals surface area (Å²) in [4.78, 5) is 25.5. The number of carbonyl (C=O) groups is 2. The quantitative estimate of drug-likeness (QED) is 0.0631. The van der Waals surface area contributed by atoms with Gasteiger partial charge in [0.1, 0.15) is 0 Å². The molecule has 0 radical (unpaired) electrons. The number of hydrogen-bond acceptors (Lipinski definition) is 6. The molecule has 226 valence electrons. The number of azo groups is 1. The number of fused-ring (bicyclic) bond motifs is 1. The van der Waals surface area contributed by atoms with Crippen molar-refractivity contribution in [2.75, 3.05) is 17.7 Å². The molecule has 0 spiro atoms. The number of thioether (sulfide) groups is 1. The Morgan fingerprint density at radius 2 is 1.77 bits per heavy atom. The number of nitrogens with one attached hydrogen (secondary N) is 1. The smallest absolute Gasteiger partial charge is 0.364 e. The SMILES string of the molecule is CCCCCCCn1c(O)c(N=NC(=O)Nc2ccccc2Cl)c2cc(SCCc3ccc(C(=O)OCC)cc3)ccc21. The molecule has 4 aromatic rings. The first-order valence-electron chi connectivity index (χ1n) is 14.6. The van der Waals surface area contributed by atoms with E-state index in [1.807, 2.05) is 34.9 Å². The Balaban J connectivity index is 1.50. The molecule has 2 amide bonds. The van der Waals surface area contributed by atoms with Crippen molar-refractivity contribution in [1.82, 2.24) is 4.57 Å². The minimum atomic E-state index is -0.688. The third-order valence-electron chi connectivity index (χ3n) is 6.95. The lowest BCUT2D eigenvalue weighted by Gasteiger charge is -2.08. The molecule has 0 aliphatic carbocycles. The van der Waals surface area contributed by atoms with Crippen molar-refractivity contribution in [2.45, 2.75) is 63.8 Å². The van der Waals surface area contributed by atoms with E-state index in [1.54, 1.807) is 55.1 Å². The molecule has 4 rings (SSSR count). The summed E-state index contributed by atoms with van der Waals surface area (Å²) >= 11 is 7.83. The highest BCUT2D eigenvalue weighted by molar-refractivity contribution is 7.99. The average Bonchev–Trinajstić information content (AvgIpc) is 3.27. The van der Waals surface area contributed by atoms with Gasteiger partial charge in [0.2, 0.25) is 5.88 Å². The van der Waals surface area contributed by atoms with Crippen molar-refractivity contribution in [3.63, 3.8) is 0 Å². The predicted molar refractivity (Wildman–Crippen MR) is 174 cm³/mol. The Kier molecular flexibility index (Phi) is 12.1. The Hall–Kier alpha value is -3.82. The second-order valence-corrected chi connectivity index (χ2v) is 11.6. The van der Waals surface area contributed by atoms with Crippen LogP contribution in [-0.4, -0.2) is 34.0 Å². The number of ether oxygens (including phenoxy) is 1. The number of carbonyl (C=O) groups excluding carboxylic acids is 2. The maximum atomic E-state index is 12.6. The molecule has 1 aromatic heterocycles. The number of aryl methyl sites for hydroxylation is 2. The summed E-state index contributed by atoms with van der Waals surface area (Å²) in [5.41, 5.74) is 3.19. The molecule has 0 unspecified atom stereocenters. The van der Waals surface area contributed by atoms with Crippen LogP contribution in [0.4, 0.5) is 16.2 Å². The molecule has 0 saturated carbocycles. The second-order valence-electron chi connectivity index (χ2n) is 10.0. The normalized spacial score (nSPS) is 11.3. The van der Waals surface area contributed by atoms with Gasteiger partial charge in [-0.3, -0.25) is 0 Å². The summed E-state index contributed by atoms with van der Waals surface area (Å²) in [6, 6.07) is 19.7. The molecule has 10 heteroatoms. The number of nitrogens with zero attached hydrogens (tertiary/aromatic N) is 3. The Morgan fingerprint density at radius 1 is 1.00 bits per heavy atom. The highest BCUT2D eigenvalue weighted by Gasteiger charge is 2.18. The van der Waals surface area contributed by atoms with Gasteiger partial charge in [0.25, 0.3) is 0 Å². The molecular weight excluding hydrogens is 584 g/mol. The van der Waals surface area contributed by atoms with Crippen molar-refractivity contribution in [1.29, 1.82) is 0 Å². The van der Waals surface area contributed by atoms with Crippen molar-refractivity contribution < 1.29 is 19.4 Å². The topological polar surface area (TPSA) is 105 Å². The highest BCUT2D eigenvalue weighted by Crippen LogP contribution is 2.41. The van der Waals surface area contributed by atoms with E-state index >= 15 is 0 Å². The predicted octanol–water partition coefficient (Wildman–Crippen LogP) is 9.80. The van der Waals surface area contributed by atoms with Gasteiger partial charge in [-0.15, -0.1) is 16.9 Å². The molecule has 3 aromatic carbocycles. The zero-order chi connectivity index (χ0) is 30.6. The molecule has 2 N–H and O–H groups in total. The Labute approximate surface area is 261 Å². The lowest BCUT2D eigenvalue weighted by atomic mass is 10.1. The summed E-state index contributed by atoms with van der Waals surface area (Å²) in [6.45, 7) is 4.96. The Morgan fingerprint density at radius 3 is 2.51 bits per heavy atom. The van der Waals surface area contributed by atoms with Gasteiger partial charge in [-0.2, -0.15) is 0 Å². The van der Waals surface area contributed by atoms with Gasteiger partial charge in [-0.25, -0.2) is 9.59 Å². The first-order chi connectivity index (χ1) is 20.9. The molecule has 43 heavy (non-hydrogen) atoms. The van der Waals surface area contributed by atoms with Gasteiger partial charge in [0.05, 0.1) is 28.4 Å². The standard InChI is InChI=1S/C33H37ClN4O4S/c1-3-5-6-7-10-20-38-29-18-17-25(43-21-19-23-13-15-24(16-14-23)32(40)42-4-2)22-26(29)30(31(38)39)36-37-33(41)35-28-12-9-8-11-27(28)34/h8-9,11-18,22,39H,3-7,10,19-21H2,1-2H3,(H,35,41). The fourth-order valence-corrected chi connectivity index (χ4v) is 5.82. The van der Waals surface area contributed by atoms with E-state index in [9.17, 15) is 14.7 Å². The van der Waals surface area contributed by atoms with Gasteiger partial charge >= 0.3 is 12.0 Å². The van der Waals surface area contributed by atoms with Crippen LogP contribution in [0.1, 0.15) is 61.9 Å². The van der Waals surface area contributed by atoms with Crippen LogP contribution in [0.25, 0.3) is 10.9 Å². The van der Waals surface area contributed by atoms with E-state index in [2.05, 4.69) is 22.5 Å². The van der Waals surface area contributed by atoms with Crippen molar-refractivity contribution >= 4 is 57.6 Å². The average molecular weight is 621 g/mol. The zero-order valence-electron chi connectivity index (χ0n) is 24.5. The van der Waals surface area contributed by atoms with Gasteiger partial charge in [-0.1, -0.05) is 73.6 Å². The van der Waals surface area contributed by atoms with Crippen molar-refractivity contribution in [2.24, 2.45) is 10.2 Å². The number of amides is 2. The first-order valence-corrected chi connectivity index (χ1v) is 16.0. The van der Waals surface area contributed by atoms with Crippen LogP contribution >= 0.6 is 23.4 Å². The van der Waals surface area contributed by atoms with Crippen LogP contribution in [0.2, 0.25) is 5.02 Å². The number of esters is 1. The molecule has 0 atom stereocenters. The largest absolute Gasteiger partial charge is 0.493 e. The molecule has 0 saturated heterocycles. The first kappa shape index (κ1) is 32.1. The van der Waals surface area contributed by atoms with Crippen LogP contribution in [0.5, 0.6) is 5.88 Å². The summed E-state index contributed by atoms with van der Waals surface area (Å²) in [5.74, 6) is 0.483. The molecule has 0 aliphatic rings. The number of halogens is 1. The second kappa shape index (κ2) is 16.1. The van der Waals surface area contributed by atoms with E-state index < -0.39 is 6.03 Å². The highest BCUT2D eigenvalue weighted by atomic mass is 35.5. The number of aromatic nitrogens is 1. The fraction of sp³-hybridized carbons (Fsp3) is 0.333. The lowest BCUT2D eigenvalue weighted by Crippen LogP contribution is -2.05. The van der Waals surface area contributed by atoms with Gasteiger partial charge in [0, 0.05) is 22.6 Å². The molecular formula is C33H37ClN4O4S. The van der Waals surface area contributed by atoms with Crippen LogP contribution in [0, 0.1) is 0 Å². The molecule has 0 fully saturated rings. The molecule has 0 aliphatic heterocycles. The number of aromatic hydroxyl groups is 1. The van der Waals surface area contributed by atoms with E-state index in [0.29, 0.717) is 29.4 Å². The van der Waals surface area contributed by atoms with E-state index in [0.717, 1.165) is 59.2 Å². The van der Waals surface area contributed by atoms with E-state index in [4.69, 9.17) is 16.3 Å². The molecule has 8 nitrogen and oxygen atoms in total. The number of benzene rings is 3. The monoisotopic (exact) mass is 620 g/mol. The van der Waals surface area contributed by atoms with Crippen LogP contribution in [-0.2, 0) is 17.7 Å². The zero-order valence-corrected chi connectivity index (χ0v) is 26.1. The van der Waals surface area contributed by atoms with E-state index in [1.165, 1.54) is 6.42 Å². The summed E-state index contributed by atoms with van der Waals surface area (Å²) in [7, 11) is 0. The number of hydrogen-bond donors (Lipinski definition) is 2. The van der Waals surface area contributed by atoms with Gasteiger partial charge in [-0.05, 0) is 67.8 Å². The summed E-state index contributed by atoms with van der Waals surface area (Å²) in [6.07, 6.45) is 6.31. The number of unbranched alkanes of at least 4 members (excludes halogenated alkanes) is 4. The summed E-state index contributed by atoms with van der Waals surface area (Å²) in [5, 5.41) is 23.0. The Bertz CT molecular complexity index is 1570. The van der Waals surface area contributed by atoms with Gasteiger partial charge < -0.3 is 19.7 Å². The third kappa shape index (κ3) is 8.84. The number of urea groups is 1. The van der Waals surface area contributed by atoms with Gasteiger partial charge in [0.15, 0.2) is 5.69 Å². The lowest BCUT2D eigenvalue weighted by molar-refractivity contribution is 0.0526. The summed E-state index contributed by atoms with van der Waals surface area (Å²) < 4.78 is 6.90. The maximum Gasteiger partial charge on any atom is 0.364 e. The van der Waals surface area contributed by atoms with Crippen molar-refractivity contribution in [3.8, 4) is 5.88 Å². The third-order valence-corrected chi connectivity index (χ3v) is 8.27. The van der Waals surface area contributed by atoms with Crippen molar-refractivity contribution in [3.05, 3.63) is 82.9 Å². The van der Waals surface area contributed by atoms with Crippen LogP contribution < -0.4 is 5.32 Å². The number of rotatable bonds is 14. The number of para-hydroxylation sites is 1. The maximum absolute atomic E-state index is 12.6. The number of anilines is 1. The minimum absolute atomic E-state index is 0.0105. The molecule has 0 bridgehead atoms. The fourth-order valence-electron chi connectivity index (χ4n) is 4.70. The van der Waals surface area contributed by atoms with Crippen LogP contribution in [0.3, 0.4) is 0 Å². The van der Waals surface area contributed by atoms with Crippen LogP contribution in [0.15, 0.2) is 81.9 Å².